The standard InChI is InChI=1S/C18H26F2N2O3S/c1-21(16-6-8-18(19,20)9-7-16)14-15-4-2-3-5-17(15)26(23,24)22-10-12-25-13-11-22/h2-5,16H,6-14H2,1H3. The van der Waals surface area contributed by atoms with Gasteiger partial charge >= 0.3 is 0 Å². The molecule has 2 fully saturated rings. The first-order chi connectivity index (χ1) is 12.3. The third kappa shape index (κ3) is 4.42. The molecule has 0 aromatic heterocycles. The third-order valence-electron chi connectivity index (χ3n) is 5.29. The Morgan fingerprint density at radius 3 is 2.46 bits per heavy atom. The van der Waals surface area contributed by atoms with E-state index in [1.165, 1.54) is 4.31 Å². The largest absolute Gasteiger partial charge is 0.379 e. The molecule has 3 rings (SSSR count). The van der Waals surface area contributed by atoms with Gasteiger partial charge in [-0.25, -0.2) is 17.2 Å². The van der Waals surface area contributed by atoms with Crippen molar-refractivity contribution in [1.29, 1.82) is 0 Å². The summed E-state index contributed by atoms with van der Waals surface area (Å²) in [4.78, 5) is 2.30. The normalized spacial score (nSPS) is 22.6. The number of morpholine rings is 1. The van der Waals surface area contributed by atoms with Gasteiger partial charge in [0.05, 0.1) is 18.1 Å². The molecule has 0 bridgehead atoms. The van der Waals surface area contributed by atoms with E-state index in [-0.39, 0.29) is 18.9 Å². The lowest BCUT2D eigenvalue weighted by Crippen LogP contribution is -2.41. The quantitative estimate of drug-likeness (QED) is 0.778. The fourth-order valence-corrected chi connectivity index (χ4v) is 5.30. The molecule has 1 saturated carbocycles. The predicted molar refractivity (Wildman–Crippen MR) is 94.7 cm³/mol. The Morgan fingerprint density at radius 2 is 1.81 bits per heavy atom. The Bertz CT molecular complexity index is 711. The van der Waals surface area contributed by atoms with Crippen molar-refractivity contribution in [3.05, 3.63) is 29.8 Å². The van der Waals surface area contributed by atoms with Crippen LogP contribution in [-0.4, -0.2) is 62.9 Å². The zero-order chi connectivity index (χ0) is 18.8. The molecule has 1 aliphatic carbocycles. The summed E-state index contributed by atoms with van der Waals surface area (Å²) in [6.45, 7) is 1.93. The fourth-order valence-electron chi connectivity index (χ4n) is 3.68. The monoisotopic (exact) mass is 388 g/mol. The molecule has 0 radical (unpaired) electrons. The Morgan fingerprint density at radius 1 is 1.19 bits per heavy atom. The lowest BCUT2D eigenvalue weighted by Gasteiger charge is -2.35. The van der Waals surface area contributed by atoms with E-state index >= 15 is 0 Å². The highest BCUT2D eigenvalue weighted by atomic mass is 32.2. The van der Waals surface area contributed by atoms with E-state index in [1.54, 1.807) is 18.2 Å². The van der Waals surface area contributed by atoms with E-state index in [9.17, 15) is 17.2 Å². The molecule has 0 unspecified atom stereocenters. The molecule has 1 saturated heterocycles. The minimum absolute atomic E-state index is 0.0498. The predicted octanol–water partition coefficient (Wildman–Crippen LogP) is 2.72. The van der Waals surface area contributed by atoms with Gasteiger partial charge in [-0.1, -0.05) is 18.2 Å². The zero-order valence-electron chi connectivity index (χ0n) is 15.0. The lowest BCUT2D eigenvalue weighted by atomic mass is 9.91. The smallest absolute Gasteiger partial charge is 0.248 e. The molecule has 26 heavy (non-hydrogen) atoms. The van der Waals surface area contributed by atoms with Crippen molar-refractivity contribution in [2.75, 3.05) is 33.4 Å². The fraction of sp³-hybridized carbons (Fsp3) is 0.667. The summed E-state index contributed by atoms with van der Waals surface area (Å²) in [5.74, 6) is -2.56. The van der Waals surface area contributed by atoms with E-state index in [2.05, 4.69) is 0 Å². The summed E-state index contributed by atoms with van der Waals surface area (Å²) in [5, 5.41) is 0. The number of ether oxygens (including phenoxy) is 1. The lowest BCUT2D eigenvalue weighted by molar-refractivity contribution is -0.0520. The molecule has 5 nitrogen and oxygen atoms in total. The highest BCUT2D eigenvalue weighted by molar-refractivity contribution is 7.89. The second kappa shape index (κ2) is 7.88. The molecule has 2 aliphatic rings. The first-order valence-electron chi connectivity index (χ1n) is 9.03. The maximum absolute atomic E-state index is 13.4. The van der Waals surface area contributed by atoms with E-state index in [1.807, 2.05) is 18.0 Å². The van der Waals surface area contributed by atoms with Crippen molar-refractivity contribution in [2.45, 2.75) is 49.1 Å². The van der Waals surface area contributed by atoms with Crippen molar-refractivity contribution in [3.8, 4) is 0 Å². The summed E-state index contributed by atoms with van der Waals surface area (Å²) in [6.07, 6.45) is 0.662. The average Bonchev–Trinajstić information content (AvgIpc) is 2.62. The summed E-state index contributed by atoms with van der Waals surface area (Å²) < 4.78 is 59.5. The molecule has 146 valence electrons. The molecule has 0 amide bonds. The van der Waals surface area contributed by atoms with Gasteiger partial charge < -0.3 is 4.74 Å². The van der Waals surface area contributed by atoms with Crippen LogP contribution in [0, 0.1) is 0 Å². The first kappa shape index (κ1) is 19.7. The van der Waals surface area contributed by atoms with Crippen LogP contribution in [-0.2, 0) is 21.3 Å². The SMILES string of the molecule is CN(Cc1ccccc1S(=O)(=O)N1CCOCC1)C1CCC(F)(F)CC1. The highest BCUT2D eigenvalue weighted by Crippen LogP contribution is 2.35. The summed E-state index contributed by atoms with van der Waals surface area (Å²) in [7, 11) is -1.70. The Hall–Kier alpha value is -1.09. The van der Waals surface area contributed by atoms with Crippen LogP contribution in [0.3, 0.4) is 0 Å². The Labute approximate surface area is 154 Å². The number of hydrogen-bond donors (Lipinski definition) is 0. The number of benzene rings is 1. The molecule has 1 heterocycles. The number of nitrogens with zero attached hydrogens (tertiary/aromatic N) is 2. The summed E-state index contributed by atoms with van der Waals surface area (Å²) >= 11 is 0. The van der Waals surface area contributed by atoms with Gasteiger partial charge in [-0.3, -0.25) is 4.90 Å². The number of hydrogen-bond acceptors (Lipinski definition) is 4. The van der Waals surface area contributed by atoms with Crippen molar-refractivity contribution < 1.29 is 21.9 Å². The zero-order valence-corrected chi connectivity index (χ0v) is 15.9. The average molecular weight is 388 g/mol. The van der Waals surface area contributed by atoms with Crippen LogP contribution in [0.1, 0.15) is 31.2 Å². The van der Waals surface area contributed by atoms with Gasteiger partial charge in [0.2, 0.25) is 15.9 Å². The van der Waals surface area contributed by atoms with Crippen LogP contribution in [0.5, 0.6) is 0 Å². The Balaban J connectivity index is 1.75. The minimum atomic E-state index is -3.58. The first-order valence-corrected chi connectivity index (χ1v) is 10.5. The molecule has 1 aliphatic heterocycles. The maximum Gasteiger partial charge on any atom is 0.248 e. The van der Waals surface area contributed by atoms with Gasteiger partial charge in [-0.15, -0.1) is 0 Å². The number of sulfonamides is 1. The van der Waals surface area contributed by atoms with Gasteiger partial charge in [-0.2, -0.15) is 4.31 Å². The van der Waals surface area contributed by atoms with Crippen LogP contribution in [0.25, 0.3) is 0 Å². The maximum atomic E-state index is 13.4. The van der Waals surface area contributed by atoms with E-state index in [0.29, 0.717) is 56.1 Å². The van der Waals surface area contributed by atoms with Crippen LogP contribution in [0.15, 0.2) is 29.2 Å². The van der Waals surface area contributed by atoms with Crippen LogP contribution in [0.4, 0.5) is 8.78 Å². The van der Waals surface area contributed by atoms with E-state index in [4.69, 9.17) is 4.74 Å². The molecular weight excluding hydrogens is 362 g/mol. The van der Waals surface area contributed by atoms with Gasteiger partial charge in [0.15, 0.2) is 0 Å². The molecule has 8 heteroatoms. The van der Waals surface area contributed by atoms with Gasteiger partial charge in [0.1, 0.15) is 0 Å². The molecule has 1 aromatic carbocycles. The number of rotatable bonds is 5. The Kier molecular flexibility index (Phi) is 5.96. The van der Waals surface area contributed by atoms with Crippen LogP contribution >= 0.6 is 0 Å². The topological polar surface area (TPSA) is 49.9 Å². The second-order valence-corrected chi connectivity index (χ2v) is 9.03. The molecule has 0 atom stereocenters. The summed E-state index contributed by atoms with van der Waals surface area (Å²) in [5.41, 5.74) is 0.707. The van der Waals surface area contributed by atoms with E-state index < -0.39 is 15.9 Å². The summed E-state index contributed by atoms with van der Waals surface area (Å²) in [6, 6.07) is 7.02. The van der Waals surface area contributed by atoms with Crippen LogP contribution in [0.2, 0.25) is 0 Å². The number of halogens is 2. The minimum Gasteiger partial charge on any atom is -0.379 e. The highest BCUT2D eigenvalue weighted by Gasteiger charge is 2.36. The molecular formula is C18H26F2N2O3S. The van der Waals surface area contributed by atoms with Crippen LogP contribution < -0.4 is 0 Å². The second-order valence-electron chi connectivity index (χ2n) is 7.13. The molecule has 1 aromatic rings. The van der Waals surface area contributed by atoms with Gasteiger partial charge in [0, 0.05) is 38.5 Å². The third-order valence-corrected chi connectivity index (χ3v) is 7.29. The van der Waals surface area contributed by atoms with Crippen molar-refractivity contribution in [2.24, 2.45) is 0 Å². The molecule has 0 spiro atoms. The van der Waals surface area contributed by atoms with Crippen molar-refractivity contribution >= 4 is 10.0 Å². The van der Waals surface area contributed by atoms with Crippen molar-refractivity contribution in [1.82, 2.24) is 9.21 Å². The molecule has 0 N–H and O–H groups in total. The van der Waals surface area contributed by atoms with E-state index in [0.717, 1.165) is 0 Å². The number of alkyl halides is 2. The van der Waals surface area contributed by atoms with Gasteiger partial charge in [0.25, 0.3) is 0 Å². The van der Waals surface area contributed by atoms with Gasteiger partial charge in [-0.05, 0) is 31.5 Å². The van der Waals surface area contributed by atoms with Crippen molar-refractivity contribution in [3.63, 3.8) is 0 Å².